The topological polar surface area (TPSA) is 101 Å². The van der Waals surface area contributed by atoms with Crippen LogP contribution < -0.4 is 5.32 Å². The van der Waals surface area contributed by atoms with Crippen molar-refractivity contribution in [1.29, 1.82) is 0 Å². The Morgan fingerprint density at radius 3 is 2.08 bits per heavy atom. The first-order chi connectivity index (χ1) is 12.2. The highest BCUT2D eigenvalue weighted by molar-refractivity contribution is 7.92. The van der Waals surface area contributed by atoms with Gasteiger partial charge in [-0.25, -0.2) is 13.2 Å². The number of aliphatic carboxylic acids is 1. The predicted molar refractivity (Wildman–Crippen MR) is 97.4 cm³/mol. The number of benzene rings is 2. The van der Waals surface area contributed by atoms with Crippen LogP contribution in [-0.4, -0.2) is 30.7 Å². The number of carbonyl (C=O) groups excluding carboxylic acids is 1. The third-order valence-electron chi connectivity index (χ3n) is 3.92. The smallest absolute Gasteiger partial charge is 0.330 e. The summed E-state index contributed by atoms with van der Waals surface area (Å²) in [6.45, 7) is 3.21. The minimum absolute atomic E-state index is 0.0430. The molecule has 0 bridgehead atoms. The fourth-order valence-corrected chi connectivity index (χ4v) is 3.46. The van der Waals surface area contributed by atoms with Crippen LogP contribution in [-0.2, 0) is 25.8 Å². The molecule has 1 atom stereocenters. The van der Waals surface area contributed by atoms with Crippen molar-refractivity contribution < 1.29 is 23.1 Å². The van der Waals surface area contributed by atoms with Gasteiger partial charge in [-0.15, -0.1) is 0 Å². The van der Waals surface area contributed by atoms with Gasteiger partial charge in [0.25, 0.3) is 0 Å². The molecule has 1 amide bonds. The van der Waals surface area contributed by atoms with Crippen LogP contribution in [0.25, 0.3) is 0 Å². The molecule has 0 spiro atoms. The molecule has 2 aromatic rings. The van der Waals surface area contributed by atoms with Crippen LogP contribution in [0.15, 0.2) is 59.5 Å². The molecule has 26 heavy (non-hydrogen) atoms. The summed E-state index contributed by atoms with van der Waals surface area (Å²) in [5.74, 6) is -1.61. The van der Waals surface area contributed by atoms with Gasteiger partial charge in [0.2, 0.25) is 5.91 Å². The quantitative estimate of drug-likeness (QED) is 0.774. The zero-order valence-electron chi connectivity index (χ0n) is 14.5. The minimum atomic E-state index is -3.37. The van der Waals surface area contributed by atoms with Crippen molar-refractivity contribution in [2.45, 2.75) is 36.5 Å². The number of carboxylic acid groups (broad SMARTS) is 1. The molecule has 0 aliphatic carbocycles. The molecular weight excluding hydrogens is 354 g/mol. The maximum atomic E-state index is 12.2. The normalized spacial score (nSPS) is 12.6. The van der Waals surface area contributed by atoms with Gasteiger partial charge in [-0.1, -0.05) is 42.5 Å². The molecule has 0 heterocycles. The van der Waals surface area contributed by atoms with Gasteiger partial charge in [-0.3, -0.25) is 4.79 Å². The maximum Gasteiger partial charge on any atom is 0.330 e. The third-order valence-corrected chi connectivity index (χ3v) is 6.09. The third kappa shape index (κ3) is 4.70. The van der Waals surface area contributed by atoms with Crippen molar-refractivity contribution >= 4 is 21.7 Å². The lowest BCUT2D eigenvalue weighted by Crippen LogP contribution is -2.34. The first kappa shape index (κ1) is 19.7. The molecule has 0 aromatic heterocycles. The number of sulfone groups is 1. The molecule has 0 fully saturated rings. The average Bonchev–Trinajstić information content (AvgIpc) is 2.60. The Bertz CT molecular complexity index is 874. The van der Waals surface area contributed by atoms with Crippen LogP contribution in [0.2, 0.25) is 0 Å². The van der Waals surface area contributed by atoms with E-state index in [-0.39, 0.29) is 11.3 Å². The van der Waals surface area contributed by atoms with Crippen molar-refractivity contribution in [1.82, 2.24) is 5.32 Å². The number of nitrogens with one attached hydrogen (secondary N) is 1. The van der Waals surface area contributed by atoms with Gasteiger partial charge in [-0.2, -0.15) is 0 Å². The van der Waals surface area contributed by atoms with Gasteiger partial charge >= 0.3 is 5.97 Å². The highest BCUT2D eigenvalue weighted by Gasteiger charge is 2.22. The summed E-state index contributed by atoms with van der Waals surface area (Å²) in [6.07, 6.45) is -0.0430. The van der Waals surface area contributed by atoms with Gasteiger partial charge in [0, 0.05) is 0 Å². The standard InChI is InChI=1S/C19H21NO5S/c1-13(2)26(24,25)16-10-8-14(9-11-16)12-17(21)20-18(19(22)23)15-6-4-3-5-7-15/h3-11,13,18H,12H2,1-2H3,(H,20,21)(H,22,23)/t18-/m1/s1. The van der Waals surface area contributed by atoms with E-state index in [2.05, 4.69) is 5.32 Å². The van der Waals surface area contributed by atoms with E-state index in [9.17, 15) is 23.1 Å². The monoisotopic (exact) mass is 375 g/mol. The van der Waals surface area contributed by atoms with E-state index in [1.165, 1.54) is 12.1 Å². The molecule has 6 nitrogen and oxygen atoms in total. The van der Waals surface area contributed by atoms with Crippen LogP contribution in [0, 0.1) is 0 Å². The molecule has 2 N–H and O–H groups in total. The summed E-state index contributed by atoms with van der Waals surface area (Å²) in [7, 11) is -3.37. The van der Waals surface area contributed by atoms with E-state index in [1.54, 1.807) is 56.3 Å². The Morgan fingerprint density at radius 2 is 1.58 bits per heavy atom. The molecule has 0 radical (unpaired) electrons. The van der Waals surface area contributed by atoms with E-state index in [4.69, 9.17) is 0 Å². The van der Waals surface area contributed by atoms with Crippen molar-refractivity contribution in [2.24, 2.45) is 0 Å². The van der Waals surface area contributed by atoms with Gasteiger partial charge in [-0.05, 0) is 37.1 Å². The maximum absolute atomic E-state index is 12.2. The van der Waals surface area contributed by atoms with E-state index in [0.717, 1.165) is 0 Å². The Kier molecular flexibility index (Phi) is 6.15. The molecule has 2 rings (SSSR count). The van der Waals surface area contributed by atoms with Gasteiger partial charge in [0.05, 0.1) is 16.6 Å². The number of carbonyl (C=O) groups is 2. The van der Waals surface area contributed by atoms with Crippen molar-refractivity contribution in [2.75, 3.05) is 0 Å². The largest absolute Gasteiger partial charge is 0.479 e. The van der Waals surface area contributed by atoms with Gasteiger partial charge in [0.1, 0.15) is 0 Å². The van der Waals surface area contributed by atoms with Crippen LogP contribution in [0.4, 0.5) is 0 Å². The number of carboxylic acids is 1. The zero-order chi connectivity index (χ0) is 19.3. The van der Waals surface area contributed by atoms with Crippen LogP contribution in [0.1, 0.15) is 31.0 Å². The SMILES string of the molecule is CC(C)S(=O)(=O)c1ccc(CC(=O)N[C@@H](C(=O)O)c2ccccc2)cc1. The average molecular weight is 375 g/mol. The molecule has 0 saturated carbocycles. The Morgan fingerprint density at radius 1 is 1.00 bits per heavy atom. The summed E-state index contributed by atoms with van der Waals surface area (Å²) in [4.78, 5) is 23.8. The van der Waals surface area contributed by atoms with Gasteiger partial charge < -0.3 is 10.4 Å². The van der Waals surface area contributed by atoms with E-state index < -0.39 is 33.0 Å². The highest BCUT2D eigenvalue weighted by Crippen LogP contribution is 2.17. The van der Waals surface area contributed by atoms with Crippen molar-refractivity contribution in [3.05, 3.63) is 65.7 Å². The molecular formula is C19H21NO5S. The highest BCUT2D eigenvalue weighted by atomic mass is 32.2. The van der Waals surface area contributed by atoms with Crippen LogP contribution >= 0.6 is 0 Å². The fraction of sp³-hybridized carbons (Fsp3) is 0.263. The predicted octanol–water partition coefficient (Wildman–Crippen LogP) is 2.35. The molecule has 138 valence electrons. The lowest BCUT2D eigenvalue weighted by atomic mass is 10.1. The molecule has 0 aliphatic rings. The summed E-state index contributed by atoms with van der Waals surface area (Å²) < 4.78 is 24.2. The summed E-state index contributed by atoms with van der Waals surface area (Å²) in [5.41, 5.74) is 1.08. The van der Waals surface area contributed by atoms with E-state index in [0.29, 0.717) is 11.1 Å². The number of hydrogen-bond acceptors (Lipinski definition) is 4. The first-order valence-electron chi connectivity index (χ1n) is 8.11. The second-order valence-corrected chi connectivity index (χ2v) is 8.67. The minimum Gasteiger partial charge on any atom is -0.479 e. The second-order valence-electron chi connectivity index (χ2n) is 6.16. The van der Waals surface area contributed by atoms with Crippen molar-refractivity contribution in [3.63, 3.8) is 0 Å². The summed E-state index contributed by atoms with van der Waals surface area (Å²) in [5, 5.41) is 11.3. The molecule has 0 aliphatic heterocycles. The lowest BCUT2D eigenvalue weighted by molar-refractivity contribution is -0.141. The first-order valence-corrected chi connectivity index (χ1v) is 9.66. The Labute approximate surface area is 152 Å². The van der Waals surface area contributed by atoms with Gasteiger partial charge in [0.15, 0.2) is 15.9 Å². The number of hydrogen-bond donors (Lipinski definition) is 2. The molecule has 7 heteroatoms. The van der Waals surface area contributed by atoms with Crippen LogP contribution in [0.5, 0.6) is 0 Å². The second kappa shape index (κ2) is 8.14. The fourth-order valence-electron chi connectivity index (χ4n) is 2.40. The zero-order valence-corrected chi connectivity index (χ0v) is 15.4. The summed E-state index contributed by atoms with van der Waals surface area (Å²) in [6, 6.07) is 13.3. The van der Waals surface area contributed by atoms with Crippen molar-refractivity contribution in [3.8, 4) is 0 Å². The molecule has 2 aromatic carbocycles. The Hall–Kier alpha value is -2.67. The number of amides is 1. The lowest BCUT2D eigenvalue weighted by Gasteiger charge is -2.15. The summed E-state index contributed by atoms with van der Waals surface area (Å²) >= 11 is 0. The molecule has 0 saturated heterocycles. The van der Waals surface area contributed by atoms with Crippen LogP contribution in [0.3, 0.4) is 0 Å². The van der Waals surface area contributed by atoms with E-state index >= 15 is 0 Å². The van der Waals surface area contributed by atoms with E-state index in [1.807, 2.05) is 0 Å². The molecule has 0 unspecified atom stereocenters. The number of rotatable bonds is 7. The Balaban J connectivity index is 2.09.